The van der Waals surface area contributed by atoms with E-state index in [1.165, 1.54) is 23.1 Å². The van der Waals surface area contributed by atoms with Crippen LogP contribution in [-0.4, -0.2) is 35.4 Å². The van der Waals surface area contributed by atoms with E-state index >= 15 is 0 Å². The van der Waals surface area contributed by atoms with E-state index in [9.17, 15) is 17.6 Å². The summed E-state index contributed by atoms with van der Waals surface area (Å²) in [4.78, 5) is 1.36. The van der Waals surface area contributed by atoms with Crippen molar-refractivity contribution >= 4 is 0 Å². The lowest BCUT2D eigenvalue weighted by Crippen LogP contribution is -2.35. The molecule has 0 saturated heterocycles. The lowest BCUT2D eigenvalue weighted by atomic mass is 10.1. The molecule has 0 spiro atoms. The predicted octanol–water partition coefficient (Wildman–Crippen LogP) is 2.70. The summed E-state index contributed by atoms with van der Waals surface area (Å²) < 4.78 is 51.2. The van der Waals surface area contributed by atoms with E-state index in [1.807, 2.05) is 0 Å². The smallest absolute Gasteiger partial charge is 0.384 e. The zero-order valence-corrected chi connectivity index (χ0v) is 11.3. The second-order valence-electron chi connectivity index (χ2n) is 5.03. The Hall–Kier alpha value is -1.58. The van der Waals surface area contributed by atoms with Crippen molar-refractivity contribution in [3.8, 4) is 11.8 Å². The Kier molecular flexibility index (Phi) is 4.86. The van der Waals surface area contributed by atoms with Crippen molar-refractivity contribution in [1.82, 2.24) is 4.90 Å². The molecular formula is C15H15F4NO. The number of aliphatic hydroxyl groups excluding tert-OH is 1. The monoisotopic (exact) mass is 301 g/mol. The van der Waals surface area contributed by atoms with Crippen molar-refractivity contribution in [2.75, 3.05) is 13.2 Å². The van der Waals surface area contributed by atoms with E-state index in [0.717, 1.165) is 12.8 Å². The molecule has 1 saturated carbocycles. The van der Waals surface area contributed by atoms with Crippen LogP contribution in [0.15, 0.2) is 18.2 Å². The van der Waals surface area contributed by atoms with Gasteiger partial charge in [-0.3, -0.25) is 4.90 Å². The number of benzene rings is 1. The SMILES string of the molecule is OCC#Cc1cc(CN(CC(F)(F)F)C2CC2)ccc1F. The third kappa shape index (κ3) is 5.03. The van der Waals surface area contributed by atoms with Crippen LogP contribution >= 0.6 is 0 Å². The quantitative estimate of drug-likeness (QED) is 0.683. The molecule has 2 rings (SSSR count). The Morgan fingerprint density at radius 2 is 2.00 bits per heavy atom. The Bertz CT molecular complexity index is 555. The van der Waals surface area contributed by atoms with Crippen LogP contribution in [0.3, 0.4) is 0 Å². The molecule has 114 valence electrons. The van der Waals surface area contributed by atoms with Gasteiger partial charge in [0.2, 0.25) is 0 Å². The maximum absolute atomic E-state index is 13.5. The fourth-order valence-electron chi connectivity index (χ4n) is 2.12. The fourth-order valence-corrected chi connectivity index (χ4v) is 2.12. The average Bonchev–Trinajstić information content (AvgIpc) is 3.21. The molecule has 0 radical (unpaired) electrons. The van der Waals surface area contributed by atoms with Crippen LogP contribution in [0.25, 0.3) is 0 Å². The highest BCUT2D eigenvalue weighted by molar-refractivity contribution is 5.38. The molecule has 0 amide bonds. The second kappa shape index (κ2) is 6.46. The fraction of sp³-hybridized carbons (Fsp3) is 0.467. The van der Waals surface area contributed by atoms with Gasteiger partial charge in [0.15, 0.2) is 0 Å². The van der Waals surface area contributed by atoms with Gasteiger partial charge in [-0.1, -0.05) is 17.9 Å². The molecule has 1 aromatic carbocycles. The van der Waals surface area contributed by atoms with E-state index in [2.05, 4.69) is 11.8 Å². The van der Waals surface area contributed by atoms with Crippen LogP contribution in [0.2, 0.25) is 0 Å². The normalized spacial score (nSPS) is 15.0. The molecular weight excluding hydrogens is 286 g/mol. The molecule has 0 aliphatic heterocycles. The maximum atomic E-state index is 13.5. The lowest BCUT2D eigenvalue weighted by molar-refractivity contribution is -0.148. The van der Waals surface area contributed by atoms with Crippen LogP contribution in [0.1, 0.15) is 24.0 Å². The summed E-state index contributed by atoms with van der Waals surface area (Å²) in [5.74, 6) is 4.24. The second-order valence-corrected chi connectivity index (χ2v) is 5.03. The van der Waals surface area contributed by atoms with Gasteiger partial charge in [0.25, 0.3) is 0 Å². The topological polar surface area (TPSA) is 23.5 Å². The van der Waals surface area contributed by atoms with E-state index in [-0.39, 0.29) is 18.2 Å². The zero-order chi connectivity index (χ0) is 15.5. The first-order valence-electron chi connectivity index (χ1n) is 6.58. The number of aliphatic hydroxyl groups is 1. The maximum Gasteiger partial charge on any atom is 0.401 e. The first-order valence-corrected chi connectivity index (χ1v) is 6.58. The predicted molar refractivity (Wildman–Crippen MR) is 69.9 cm³/mol. The lowest BCUT2D eigenvalue weighted by Gasteiger charge is -2.23. The van der Waals surface area contributed by atoms with E-state index < -0.39 is 25.1 Å². The summed E-state index contributed by atoms with van der Waals surface area (Å²) >= 11 is 0. The number of halogens is 4. The molecule has 6 heteroatoms. The Morgan fingerprint density at radius 3 is 2.57 bits per heavy atom. The van der Waals surface area contributed by atoms with E-state index in [4.69, 9.17) is 5.11 Å². The van der Waals surface area contributed by atoms with Gasteiger partial charge in [0, 0.05) is 12.6 Å². The minimum atomic E-state index is -4.25. The van der Waals surface area contributed by atoms with Crippen molar-refractivity contribution in [2.24, 2.45) is 0 Å². The van der Waals surface area contributed by atoms with Crippen molar-refractivity contribution in [2.45, 2.75) is 31.6 Å². The van der Waals surface area contributed by atoms with Gasteiger partial charge in [0.1, 0.15) is 12.4 Å². The van der Waals surface area contributed by atoms with E-state index in [0.29, 0.717) is 5.56 Å². The molecule has 1 aliphatic rings. The third-order valence-corrected chi connectivity index (χ3v) is 3.16. The van der Waals surface area contributed by atoms with Gasteiger partial charge >= 0.3 is 6.18 Å². The van der Waals surface area contributed by atoms with Crippen LogP contribution in [-0.2, 0) is 6.54 Å². The highest BCUT2D eigenvalue weighted by Crippen LogP contribution is 2.31. The minimum absolute atomic E-state index is 0.0522. The first kappa shape index (κ1) is 15.8. The Balaban J connectivity index is 2.13. The van der Waals surface area contributed by atoms with Crippen LogP contribution in [0.4, 0.5) is 17.6 Å². The number of hydrogen-bond acceptors (Lipinski definition) is 2. The van der Waals surface area contributed by atoms with E-state index in [1.54, 1.807) is 0 Å². The average molecular weight is 301 g/mol. The first-order chi connectivity index (χ1) is 9.89. The van der Waals surface area contributed by atoms with Crippen LogP contribution < -0.4 is 0 Å². The summed E-state index contributed by atoms with van der Waals surface area (Å²) in [6.45, 7) is -1.25. The molecule has 0 aromatic heterocycles. The standard InChI is InChI=1S/C15H15F4NO/c16-14-6-3-11(8-12(14)2-1-7-21)9-20(13-4-5-13)10-15(17,18)19/h3,6,8,13,21H,4-5,7,9-10H2. The molecule has 1 aromatic rings. The highest BCUT2D eigenvalue weighted by atomic mass is 19.4. The molecule has 0 atom stereocenters. The van der Waals surface area contributed by atoms with Crippen LogP contribution in [0, 0.1) is 17.7 Å². The van der Waals surface area contributed by atoms with Crippen molar-refractivity contribution in [3.05, 3.63) is 35.1 Å². The van der Waals surface area contributed by atoms with Crippen molar-refractivity contribution in [1.29, 1.82) is 0 Å². The minimum Gasteiger partial charge on any atom is -0.384 e. The summed E-state index contributed by atoms with van der Waals surface area (Å²) in [6.07, 6.45) is -2.73. The third-order valence-electron chi connectivity index (χ3n) is 3.16. The van der Waals surface area contributed by atoms with Gasteiger partial charge in [-0.15, -0.1) is 0 Å². The summed E-state index contributed by atoms with van der Waals surface area (Å²) in [6, 6.07) is 4.04. The van der Waals surface area contributed by atoms with Gasteiger partial charge in [-0.25, -0.2) is 4.39 Å². The molecule has 0 heterocycles. The van der Waals surface area contributed by atoms with Gasteiger partial charge in [-0.05, 0) is 30.5 Å². The molecule has 21 heavy (non-hydrogen) atoms. The van der Waals surface area contributed by atoms with Crippen molar-refractivity contribution in [3.63, 3.8) is 0 Å². The summed E-state index contributed by atoms with van der Waals surface area (Å²) in [5.41, 5.74) is 0.666. The largest absolute Gasteiger partial charge is 0.401 e. The Morgan fingerprint density at radius 1 is 1.29 bits per heavy atom. The molecule has 1 aliphatic carbocycles. The number of rotatable bonds is 4. The van der Waals surface area contributed by atoms with Crippen LogP contribution in [0.5, 0.6) is 0 Å². The molecule has 1 fully saturated rings. The Labute approximate surface area is 120 Å². The number of nitrogens with zero attached hydrogens (tertiary/aromatic N) is 1. The molecule has 0 unspecified atom stereocenters. The summed E-state index contributed by atoms with van der Waals surface area (Å²) in [7, 11) is 0. The zero-order valence-electron chi connectivity index (χ0n) is 11.3. The van der Waals surface area contributed by atoms with Gasteiger partial charge in [0.05, 0.1) is 12.1 Å². The molecule has 0 bridgehead atoms. The highest BCUT2D eigenvalue weighted by Gasteiger charge is 2.37. The number of alkyl halides is 3. The van der Waals surface area contributed by atoms with Gasteiger partial charge in [-0.2, -0.15) is 13.2 Å². The molecule has 2 nitrogen and oxygen atoms in total. The molecule has 1 N–H and O–H groups in total. The van der Waals surface area contributed by atoms with Gasteiger partial charge < -0.3 is 5.11 Å². The number of hydrogen-bond donors (Lipinski definition) is 1. The van der Waals surface area contributed by atoms with Crippen molar-refractivity contribution < 1.29 is 22.7 Å². The summed E-state index contributed by atoms with van der Waals surface area (Å²) in [5, 5.41) is 8.61.